The summed E-state index contributed by atoms with van der Waals surface area (Å²) < 4.78 is 19.7. The van der Waals surface area contributed by atoms with Crippen LogP contribution in [0, 0.1) is 5.82 Å². The number of fused-ring (bicyclic) bond motifs is 1. The summed E-state index contributed by atoms with van der Waals surface area (Å²) in [6.07, 6.45) is -0.268. The first kappa shape index (κ1) is 14.0. The molecule has 0 bridgehead atoms. The summed E-state index contributed by atoms with van der Waals surface area (Å²) in [6, 6.07) is 12.7. The van der Waals surface area contributed by atoms with Crippen LogP contribution < -0.4 is 4.74 Å². The number of aliphatic hydroxyl groups excluding tert-OH is 1. The molecule has 1 N–H and O–H groups in total. The maximum atomic E-state index is 13.7. The highest BCUT2D eigenvalue weighted by Gasteiger charge is 2.14. The summed E-state index contributed by atoms with van der Waals surface area (Å²) in [5, 5.41) is 13.5. The van der Waals surface area contributed by atoms with Crippen molar-refractivity contribution in [3.63, 3.8) is 0 Å². The predicted octanol–water partition coefficient (Wildman–Crippen LogP) is 4.33. The van der Waals surface area contributed by atoms with Crippen molar-refractivity contribution in [2.24, 2.45) is 0 Å². The van der Waals surface area contributed by atoms with E-state index in [4.69, 9.17) is 4.74 Å². The van der Waals surface area contributed by atoms with Gasteiger partial charge >= 0.3 is 0 Å². The summed E-state index contributed by atoms with van der Waals surface area (Å²) in [7, 11) is 1.43. The molecule has 0 spiro atoms. The standard InChI is InChI=1S/C17H15FO2S/c1-20-16-7-6-11(8-14(16)18)9-15(19)13-10-21-17-5-3-2-4-12(13)17/h2-8,10,15,19H,9H2,1H3. The zero-order valence-corrected chi connectivity index (χ0v) is 12.4. The Kier molecular flexibility index (Phi) is 3.90. The van der Waals surface area contributed by atoms with Gasteiger partial charge in [-0.2, -0.15) is 0 Å². The molecule has 21 heavy (non-hydrogen) atoms. The van der Waals surface area contributed by atoms with Crippen molar-refractivity contribution in [3.8, 4) is 5.75 Å². The molecule has 4 heteroatoms. The Morgan fingerprint density at radius 1 is 1.24 bits per heavy atom. The molecular formula is C17H15FO2S. The lowest BCUT2D eigenvalue weighted by atomic mass is 10.0. The van der Waals surface area contributed by atoms with Gasteiger partial charge in [0.2, 0.25) is 0 Å². The fourth-order valence-corrected chi connectivity index (χ4v) is 3.43. The summed E-state index contributed by atoms with van der Waals surface area (Å²) in [4.78, 5) is 0. The molecule has 2 nitrogen and oxygen atoms in total. The van der Waals surface area contributed by atoms with Crippen molar-refractivity contribution in [3.05, 3.63) is 64.8 Å². The Bertz CT molecular complexity index is 766. The molecule has 1 atom stereocenters. The molecule has 0 fully saturated rings. The number of aliphatic hydroxyl groups is 1. The quantitative estimate of drug-likeness (QED) is 0.777. The Morgan fingerprint density at radius 3 is 2.81 bits per heavy atom. The Balaban J connectivity index is 1.86. The van der Waals surface area contributed by atoms with Crippen molar-refractivity contribution in [1.82, 2.24) is 0 Å². The van der Waals surface area contributed by atoms with Crippen LogP contribution in [0.2, 0.25) is 0 Å². The topological polar surface area (TPSA) is 29.5 Å². The second kappa shape index (κ2) is 5.84. The van der Waals surface area contributed by atoms with E-state index in [0.29, 0.717) is 6.42 Å². The summed E-state index contributed by atoms with van der Waals surface area (Å²) >= 11 is 1.61. The molecular weight excluding hydrogens is 287 g/mol. The summed E-state index contributed by atoms with van der Waals surface area (Å²) in [5.74, 6) is -0.188. The lowest BCUT2D eigenvalue weighted by Crippen LogP contribution is -2.01. The molecule has 2 aromatic carbocycles. The van der Waals surface area contributed by atoms with Gasteiger partial charge in [-0.05, 0) is 40.1 Å². The molecule has 0 aliphatic carbocycles. The first-order chi connectivity index (χ1) is 10.2. The van der Waals surface area contributed by atoms with Crippen LogP contribution in [0.4, 0.5) is 4.39 Å². The Morgan fingerprint density at radius 2 is 2.05 bits per heavy atom. The van der Waals surface area contributed by atoms with E-state index in [2.05, 4.69) is 0 Å². The normalized spacial score (nSPS) is 12.5. The van der Waals surface area contributed by atoms with Crippen LogP contribution in [-0.2, 0) is 6.42 Å². The third kappa shape index (κ3) is 2.77. The van der Waals surface area contributed by atoms with Gasteiger partial charge in [-0.15, -0.1) is 11.3 Å². The van der Waals surface area contributed by atoms with E-state index in [1.54, 1.807) is 23.5 Å². The van der Waals surface area contributed by atoms with E-state index in [1.165, 1.54) is 13.2 Å². The van der Waals surface area contributed by atoms with Gasteiger partial charge in [-0.25, -0.2) is 4.39 Å². The van der Waals surface area contributed by atoms with Crippen LogP contribution in [0.15, 0.2) is 47.8 Å². The monoisotopic (exact) mass is 302 g/mol. The molecule has 0 saturated heterocycles. The molecule has 0 aliphatic rings. The second-order valence-electron chi connectivity index (χ2n) is 4.88. The highest BCUT2D eigenvalue weighted by atomic mass is 32.1. The average Bonchev–Trinajstić information content (AvgIpc) is 2.91. The second-order valence-corrected chi connectivity index (χ2v) is 5.79. The smallest absolute Gasteiger partial charge is 0.165 e. The van der Waals surface area contributed by atoms with E-state index < -0.39 is 11.9 Å². The number of ether oxygens (including phenoxy) is 1. The lowest BCUT2D eigenvalue weighted by molar-refractivity contribution is 0.180. The molecule has 0 amide bonds. The number of halogens is 1. The fraction of sp³-hybridized carbons (Fsp3) is 0.176. The number of methoxy groups -OCH3 is 1. The van der Waals surface area contributed by atoms with Gasteiger partial charge in [0.1, 0.15) is 0 Å². The zero-order valence-electron chi connectivity index (χ0n) is 11.5. The van der Waals surface area contributed by atoms with Crippen molar-refractivity contribution >= 4 is 21.4 Å². The summed E-state index contributed by atoms with van der Waals surface area (Å²) in [6.45, 7) is 0. The van der Waals surface area contributed by atoms with Crippen LogP contribution in [0.25, 0.3) is 10.1 Å². The molecule has 1 aromatic heterocycles. The third-order valence-corrected chi connectivity index (χ3v) is 4.50. The largest absolute Gasteiger partial charge is 0.494 e. The zero-order chi connectivity index (χ0) is 14.8. The third-order valence-electron chi connectivity index (χ3n) is 3.52. The van der Waals surface area contributed by atoms with Crippen molar-refractivity contribution < 1.29 is 14.2 Å². The van der Waals surface area contributed by atoms with E-state index in [9.17, 15) is 9.50 Å². The fourth-order valence-electron chi connectivity index (χ4n) is 2.43. The van der Waals surface area contributed by atoms with Gasteiger partial charge in [0.15, 0.2) is 11.6 Å². The maximum absolute atomic E-state index is 13.7. The van der Waals surface area contributed by atoms with Crippen LogP contribution >= 0.6 is 11.3 Å². The predicted molar refractivity (Wildman–Crippen MR) is 83.4 cm³/mol. The molecule has 0 aliphatic heterocycles. The molecule has 108 valence electrons. The molecule has 3 rings (SSSR count). The molecule has 0 radical (unpaired) electrons. The van der Waals surface area contributed by atoms with Crippen LogP contribution in [0.1, 0.15) is 17.2 Å². The number of hydrogen-bond donors (Lipinski definition) is 1. The van der Waals surface area contributed by atoms with Crippen molar-refractivity contribution in [2.45, 2.75) is 12.5 Å². The minimum Gasteiger partial charge on any atom is -0.494 e. The van der Waals surface area contributed by atoms with Gasteiger partial charge < -0.3 is 9.84 Å². The highest BCUT2D eigenvalue weighted by Crippen LogP contribution is 2.32. The van der Waals surface area contributed by atoms with Crippen molar-refractivity contribution in [2.75, 3.05) is 7.11 Å². The first-order valence-corrected chi connectivity index (χ1v) is 7.53. The number of hydrogen-bond acceptors (Lipinski definition) is 3. The van der Waals surface area contributed by atoms with Crippen molar-refractivity contribution in [1.29, 1.82) is 0 Å². The van der Waals surface area contributed by atoms with Gasteiger partial charge in [-0.3, -0.25) is 0 Å². The Hall–Kier alpha value is -1.91. The molecule has 1 heterocycles. The maximum Gasteiger partial charge on any atom is 0.165 e. The molecule has 0 saturated carbocycles. The minimum atomic E-state index is -0.644. The number of rotatable bonds is 4. The van der Waals surface area contributed by atoms with Gasteiger partial charge in [0, 0.05) is 11.1 Å². The lowest BCUT2D eigenvalue weighted by Gasteiger charge is -2.11. The average molecular weight is 302 g/mol. The first-order valence-electron chi connectivity index (χ1n) is 6.65. The summed E-state index contributed by atoms with van der Waals surface area (Å²) in [5.41, 5.74) is 1.64. The van der Waals surface area contributed by atoms with E-state index in [0.717, 1.165) is 21.2 Å². The van der Waals surface area contributed by atoms with E-state index >= 15 is 0 Å². The van der Waals surface area contributed by atoms with Crippen LogP contribution in [0.3, 0.4) is 0 Å². The van der Waals surface area contributed by atoms with Crippen LogP contribution in [0.5, 0.6) is 5.75 Å². The SMILES string of the molecule is COc1ccc(CC(O)c2csc3ccccc23)cc1F. The molecule has 1 unspecified atom stereocenters. The van der Waals surface area contributed by atoms with Gasteiger partial charge in [0.25, 0.3) is 0 Å². The van der Waals surface area contributed by atoms with Gasteiger partial charge in [-0.1, -0.05) is 24.3 Å². The Labute approximate surface area is 126 Å². The highest BCUT2D eigenvalue weighted by molar-refractivity contribution is 7.17. The van der Waals surface area contributed by atoms with Crippen LogP contribution in [-0.4, -0.2) is 12.2 Å². The van der Waals surface area contributed by atoms with E-state index in [-0.39, 0.29) is 5.75 Å². The minimum absolute atomic E-state index is 0.217. The molecule has 3 aromatic rings. The number of thiophene rings is 1. The van der Waals surface area contributed by atoms with Gasteiger partial charge in [0.05, 0.1) is 13.2 Å². The van der Waals surface area contributed by atoms with E-state index in [1.807, 2.05) is 29.6 Å². The number of benzene rings is 2.